The van der Waals surface area contributed by atoms with E-state index in [9.17, 15) is 9.59 Å². The van der Waals surface area contributed by atoms with Gasteiger partial charge in [0.05, 0.1) is 20.6 Å². The van der Waals surface area contributed by atoms with Crippen molar-refractivity contribution in [2.24, 2.45) is 0 Å². The number of methoxy groups -OCH3 is 2. The summed E-state index contributed by atoms with van der Waals surface area (Å²) in [5.74, 6) is -0.902. The lowest BCUT2D eigenvalue weighted by Crippen LogP contribution is -2.02. The van der Waals surface area contributed by atoms with Gasteiger partial charge in [-0.15, -0.1) is 0 Å². The smallest absolute Gasteiger partial charge is 0.330 e. The fourth-order valence-electron chi connectivity index (χ4n) is 1.44. The van der Waals surface area contributed by atoms with Gasteiger partial charge in [0, 0.05) is 11.6 Å². The largest absolute Gasteiger partial charge is 0.496 e. The Morgan fingerprint density at radius 2 is 2.06 bits per heavy atom. The number of carboxylic acids is 1. The first kappa shape index (κ1) is 13.8. The van der Waals surface area contributed by atoms with Crippen molar-refractivity contribution in [2.75, 3.05) is 14.2 Å². The van der Waals surface area contributed by atoms with Crippen molar-refractivity contribution < 1.29 is 24.2 Å². The van der Waals surface area contributed by atoms with Gasteiger partial charge in [0.2, 0.25) is 0 Å². The SMILES string of the molecule is COC(=O)C=Cc1ccc(OC)c(CC(=O)O)c1. The Hall–Kier alpha value is -2.30. The van der Waals surface area contributed by atoms with Gasteiger partial charge >= 0.3 is 11.9 Å². The van der Waals surface area contributed by atoms with E-state index in [1.165, 1.54) is 20.3 Å². The van der Waals surface area contributed by atoms with Crippen molar-refractivity contribution in [3.63, 3.8) is 0 Å². The highest BCUT2D eigenvalue weighted by atomic mass is 16.5. The third-order valence-corrected chi connectivity index (χ3v) is 2.26. The molecule has 0 unspecified atom stereocenters. The molecule has 1 rings (SSSR count). The number of ether oxygens (including phenoxy) is 2. The van der Waals surface area contributed by atoms with E-state index in [0.29, 0.717) is 16.9 Å². The molecular formula is C13H14O5. The molecular weight excluding hydrogens is 236 g/mol. The highest BCUT2D eigenvalue weighted by molar-refractivity contribution is 5.87. The second-order valence-corrected chi connectivity index (χ2v) is 3.50. The van der Waals surface area contributed by atoms with Crippen LogP contribution >= 0.6 is 0 Å². The van der Waals surface area contributed by atoms with Gasteiger partial charge < -0.3 is 14.6 Å². The Bertz CT molecular complexity index is 476. The molecule has 0 heterocycles. The van der Waals surface area contributed by atoms with Crippen LogP contribution in [0.25, 0.3) is 6.08 Å². The highest BCUT2D eigenvalue weighted by Crippen LogP contribution is 2.21. The summed E-state index contributed by atoms with van der Waals surface area (Å²) < 4.78 is 9.54. The third kappa shape index (κ3) is 3.93. The van der Waals surface area contributed by atoms with E-state index in [-0.39, 0.29) is 6.42 Å². The summed E-state index contributed by atoms with van der Waals surface area (Å²) in [5.41, 5.74) is 1.26. The van der Waals surface area contributed by atoms with Gasteiger partial charge in [0.25, 0.3) is 0 Å². The van der Waals surface area contributed by atoms with Gasteiger partial charge in [-0.25, -0.2) is 4.79 Å². The Balaban J connectivity index is 2.98. The second-order valence-electron chi connectivity index (χ2n) is 3.50. The second kappa shape index (κ2) is 6.44. The molecule has 0 aliphatic heterocycles. The molecule has 0 aliphatic carbocycles. The topological polar surface area (TPSA) is 72.8 Å². The Morgan fingerprint density at radius 3 is 2.61 bits per heavy atom. The number of esters is 1. The number of hydrogen-bond donors (Lipinski definition) is 1. The normalized spacial score (nSPS) is 10.3. The summed E-state index contributed by atoms with van der Waals surface area (Å²) in [4.78, 5) is 21.7. The lowest BCUT2D eigenvalue weighted by Gasteiger charge is -2.07. The molecule has 18 heavy (non-hydrogen) atoms. The van der Waals surface area contributed by atoms with Crippen LogP contribution in [0.1, 0.15) is 11.1 Å². The molecule has 0 aliphatic rings. The van der Waals surface area contributed by atoms with Crippen molar-refractivity contribution >= 4 is 18.0 Å². The van der Waals surface area contributed by atoms with Crippen LogP contribution in [0.5, 0.6) is 5.75 Å². The van der Waals surface area contributed by atoms with Crippen molar-refractivity contribution in [3.05, 3.63) is 35.4 Å². The maximum atomic E-state index is 10.9. The number of aliphatic carboxylic acids is 1. The Labute approximate surface area is 105 Å². The summed E-state index contributed by atoms with van der Waals surface area (Å²) >= 11 is 0. The van der Waals surface area contributed by atoms with Crippen LogP contribution in [0.3, 0.4) is 0 Å². The lowest BCUT2D eigenvalue weighted by atomic mass is 10.1. The average Bonchev–Trinajstić information content (AvgIpc) is 2.35. The molecule has 0 fully saturated rings. The minimum Gasteiger partial charge on any atom is -0.496 e. The maximum absolute atomic E-state index is 10.9. The predicted molar refractivity (Wildman–Crippen MR) is 65.4 cm³/mol. The average molecular weight is 250 g/mol. The first-order valence-corrected chi connectivity index (χ1v) is 5.21. The van der Waals surface area contributed by atoms with Crippen molar-refractivity contribution in [1.82, 2.24) is 0 Å². The zero-order chi connectivity index (χ0) is 13.5. The minimum atomic E-state index is -0.942. The van der Waals surface area contributed by atoms with Crippen molar-refractivity contribution in [3.8, 4) is 5.75 Å². The number of benzene rings is 1. The van der Waals surface area contributed by atoms with Crippen LogP contribution in [0.4, 0.5) is 0 Å². The van der Waals surface area contributed by atoms with E-state index < -0.39 is 11.9 Å². The number of carboxylic acid groups (broad SMARTS) is 1. The standard InChI is InChI=1S/C13H14O5/c1-17-11-5-3-9(4-6-13(16)18-2)7-10(11)8-12(14)15/h3-7H,8H2,1-2H3,(H,14,15). The van der Waals surface area contributed by atoms with Crippen LogP contribution in [-0.4, -0.2) is 31.3 Å². The molecule has 0 atom stereocenters. The molecule has 1 N–H and O–H groups in total. The van der Waals surface area contributed by atoms with Gasteiger partial charge in [-0.1, -0.05) is 6.07 Å². The van der Waals surface area contributed by atoms with Crippen LogP contribution in [0.2, 0.25) is 0 Å². The third-order valence-electron chi connectivity index (χ3n) is 2.26. The number of rotatable bonds is 5. The van der Waals surface area contributed by atoms with Gasteiger partial charge in [-0.05, 0) is 23.8 Å². The summed E-state index contributed by atoms with van der Waals surface area (Å²) in [5, 5.41) is 8.79. The van der Waals surface area contributed by atoms with Crippen molar-refractivity contribution in [2.45, 2.75) is 6.42 Å². The molecule has 0 bridgehead atoms. The molecule has 1 aromatic rings. The number of hydrogen-bond acceptors (Lipinski definition) is 4. The van der Waals surface area contributed by atoms with Gasteiger partial charge in [0.1, 0.15) is 5.75 Å². The molecule has 5 nitrogen and oxygen atoms in total. The summed E-state index contributed by atoms with van der Waals surface area (Å²) in [6.07, 6.45) is 2.69. The molecule has 0 spiro atoms. The summed E-state index contributed by atoms with van der Waals surface area (Å²) in [6, 6.07) is 5.05. The van der Waals surface area contributed by atoms with E-state index in [4.69, 9.17) is 9.84 Å². The number of carbonyl (C=O) groups excluding carboxylic acids is 1. The zero-order valence-corrected chi connectivity index (χ0v) is 10.2. The molecule has 0 amide bonds. The molecule has 96 valence electrons. The molecule has 0 radical (unpaired) electrons. The van der Waals surface area contributed by atoms with E-state index >= 15 is 0 Å². The van der Waals surface area contributed by atoms with Crippen LogP contribution in [0.15, 0.2) is 24.3 Å². The van der Waals surface area contributed by atoms with Crippen LogP contribution < -0.4 is 4.74 Å². The highest BCUT2D eigenvalue weighted by Gasteiger charge is 2.07. The first-order chi connectivity index (χ1) is 8.56. The number of carbonyl (C=O) groups is 2. The molecule has 5 heteroatoms. The van der Waals surface area contributed by atoms with E-state index in [1.54, 1.807) is 24.3 Å². The summed E-state index contributed by atoms with van der Waals surface area (Å²) in [7, 11) is 2.77. The Morgan fingerprint density at radius 1 is 1.33 bits per heavy atom. The molecule has 0 saturated heterocycles. The first-order valence-electron chi connectivity index (χ1n) is 5.21. The molecule has 0 saturated carbocycles. The molecule has 1 aromatic carbocycles. The van der Waals surface area contributed by atoms with Crippen LogP contribution in [-0.2, 0) is 20.7 Å². The van der Waals surface area contributed by atoms with Gasteiger partial charge in [-0.3, -0.25) is 4.79 Å². The van der Waals surface area contributed by atoms with E-state index in [0.717, 1.165) is 0 Å². The monoisotopic (exact) mass is 250 g/mol. The fraction of sp³-hybridized carbons (Fsp3) is 0.231. The van der Waals surface area contributed by atoms with E-state index in [1.807, 2.05) is 0 Å². The minimum absolute atomic E-state index is 0.136. The maximum Gasteiger partial charge on any atom is 0.330 e. The van der Waals surface area contributed by atoms with E-state index in [2.05, 4.69) is 4.74 Å². The Kier molecular flexibility index (Phi) is 4.92. The predicted octanol–water partition coefficient (Wildman–Crippen LogP) is 1.51. The quantitative estimate of drug-likeness (QED) is 0.633. The zero-order valence-electron chi connectivity index (χ0n) is 10.2. The fourth-order valence-corrected chi connectivity index (χ4v) is 1.44. The van der Waals surface area contributed by atoms with Gasteiger partial charge in [0.15, 0.2) is 0 Å². The van der Waals surface area contributed by atoms with Crippen LogP contribution in [0, 0.1) is 0 Å². The lowest BCUT2D eigenvalue weighted by molar-refractivity contribution is -0.136. The van der Waals surface area contributed by atoms with Gasteiger partial charge in [-0.2, -0.15) is 0 Å². The molecule has 0 aromatic heterocycles. The van der Waals surface area contributed by atoms with Crippen molar-refractivity contribution in [1.29, 1.82) is 0 Å². The summed E-state index contributed by atoms with van der Waals surface area (Å²) in [6.45, 7) is 0.